The van der Waals surface area contributed by atoms with E-state index in [1.807, 2.05) is 6.07 Å². The number of H-pyrrole nitrogens is 1. The average Bonchev–Trinajstić information content (AvgIpc) is 2.71. The Hall–Kier alpha value is -1.14. The molecule has 1 heterocycles. The van der Waals surface area contributed by atoms with Gasteiger partial charge in [0.2, 0.25) is 0 Å². The number of nitrogens with one attached hydrogen (secondary N) is 1. The molecule has 0 aliphatic heterocycles. The van der Waals surface area contributed by atoms with Crippen LogP contribution in [0.1, 0.15) is 24.1 Å². The Balaban J connectivity index is 2.29. The van der Waals surface area contributed by atoms with Crippen LogP contribution in [0.15, 0.2) is 30.3 Å². The van der Waals surface area contributed by atoms with Crippen LogP contribution in [-0.2, 0) is 0 Å². The average molecular weight is 189 g/mol. The van der Waals surface area contributed by atoms with Gasteiger partial charge in [-0.1, -0.05) is 37.3 Å². The van der Waals surface area contributed by atoms with Gasteiger partial charge < -0.3 is 4.75 Å². The number of nitrogens with zero attached hydrogens (tertiary/aromatic N) is 1. The first-order chi connectivity index (χ1) is 6.38. The van der Waals surface area contributed by atoms with E-state index in [0.717, 1.165) is 14.2 Å². The predicted molar refractivity (Wildman–Crippen MR) is 53.9 cm³/mol. The molecule has 1 radical (unpaired) electrons. The first-order valence-electron chi connectivity index (χ1n) is 4.21. The summed E-state index contributed by atoms with van der Waals surface area (Å²) in [6, 6.07) is 10.4. The molecule has 1 aromatic carbocycles. The summed E-state index contributed by atoms with van der Waals surface area (Å²) in [4.78, 5) is 0. The highest BCUT2D eigenvalue weighted by molar-refractivity contribution is 7.20. The molecule has 1 atom stereocenters. The maximum Gasteiger partial charge on any atom is 0.130 e. The highest BCUT2D eigenvalue weighted by Gasteiger charge is 2.08. The summed E-state index contributed by atoms with van der Waals surface area (Å²) in [6.07, 6.45) is 2.97. The van der Waals surface area contributed by atoms with E-state index in [1.54, 1.807) is 0 Å². The standard InChI is InChI=1S/C10H10N2P/c1-8(10-7-11-13-12-10)9-5-3-2-4-6-9/h2-6,8H,1H3,(H,11,12). The van der Waals surface area contributed by atoms with Gasteiger partial charge in [-0.3, -0.25) is 0 Å². The van der Waals surface area contributed by atoms with Crippen LogP contribution < -0.4 is 0 Å². The molecule has 2 rings (SSSR count). The summed E-state index contributed by atoms with van der Waals surface area (Å²) >= 11 is 0. The molecule has 0 amide bonds. The van der Waals surface area contributed by atoms with Crippen LogP contribution in [0.25, 0.3) is 0 Å². The van der Waals surface area contributed by atoms with E-state index in [4.69, 9.17) is 0 Å². The van der Waals surface area contributed by atoms with Crippen molar-refractivity contribution >= 4 is 8.51 Å². The third-order valence-corrected chi connectivity index (χ3v) is 2.66. The molecular weight excluding hydrogens is 179 g/mol. The molecule has 1 N–H and O–H groups in total. The third-order valence-electron chi connectivity index (χ3n) is 2.12. The zero-order valence-corrected chi connectivity index (χ0v) is 8.25. The van der Waals surface area contributed by atoms with Gasteiger partial charge in [-0.05, 0) is 5.56 Å². The van der Waals surface area contributed by atoms with E-state index in [9.17, 15) is 0 Å². The summed E-state index contributed by atoms with van der Waals surface area (Å²) in [6.45, 7) is 2.15. The second kappa shape index (κ2) is 3.71. The molecule has 0 spiro atoms. The minimum Gasteiger partial charge on any atom is -0.324 e. The van der Waals surface area contributed by atoms with E-state index in [0.29, 0.717) is 5.92 Å². The van der Waals surface area contributed by atoms with Crippen molar-refractivity contribution in [1.82, 2.24) is 9.49 Å². The van der Waals surface area contributed by atoms with Gasteiger partial charge in [0.25, 0.3) is 0 Å². The summed E-state index contributed by atoms with van der Waals surface area (Å²) in [7, 11) is 0.893. The quantitative estimate of drug-likeness (QED) is 0.773. The molecule has 0 saturated heterocycles. The Bertz CT molecular complexity index is 356. The van der Waals surface area contributed by atoms with Crippen molar-refractivity contribution in [3.05, 3.63) is 47.8 Å². The lowest BCUT2D eigenvalue weighted by Gasteiger charge is -2.07. The summed E-state index contributed by atoms with van der Waals surface area (Å²) in [5.74, 6) is 0.361. The summed E-state index contributed by atoms with van der Waals surface area (Å²) in [5, 5.41) is 0. The van der Waals surface area contributed by atoms with Crippen LogP contribution in [0.3, 0.4) is 0 Å². The lowest BCUT2D eigenvalue weighted by Crippen LogP contribution is -1.95. The van der Waals surface area contributed by atoms with Gasteiger partial charge in [-0.15, -0.1) is 0 Å². The van der Waals surface area contributed by atoms with Gasteiger partial charge in [0, 0.05) is 5.92 Å². The van der Waals surface area contributed by atoms with E-state index >= 15 is 0 Å². The smallest absolute Gasteiger partial charge is 0.130 e. The highest BCUT2D eigenvalue weighted by Crippen LogP contribution is 2.22. The van der Waals surface area contributed by atoms with Crippen LogP contribution in [0.5, 0.6) is 0 Å². The number of hydrogen-bond acceptors (Lipinski definition) is 1. The SMILES string of the molecule is CC(c1ccccc1)c1[c]np[nH]1. The zero-order valence-electron chi connectivity index (χ0n) is 7.36. The van der Waals surface area contributed by atoms with Gasteiger partial charge in [-0.25, -0.2) is 4.75 Å². The number of rotatable bonds is 2. The molecule has 0 bridgehead atoms. The van der Waals surface area contributed by atoms with Crippen molar-refractivity contribution in [2.75, 3.05) is 0 Å². The van der Waals surface area contributed by atoms with Crippen molar-refractivity contribution in [2.24, 2.45) is 0 Å². The molecule has 13 heavy (non-hydrogen) atoms. The zero-order chi connectivity index (χ0) is 9.10. The molecule has 0 fully saturated rings. The van der Waals surface area contributed by atoms with Gasteiger partial charge in [-0.2, -0.15) is 0 Å². The lowest BCUT2D eigenvalue weighted by atomic mass is 9.99. The topological polar surface area (TPSA) is 28.7 Å². The molecular formula is C10H10N2P. The maximum atomic E-state index is 3.99. The highest BCUT2D eigenvalue weighted by atomic mass is 31.1. The van der Waals surface area contributed by atoms with Gasteiger partial charge in [0.05, 0.1) is 5.69 Å². The van der Waals surface area contributed by atoms with Crippen LogP contribution in [0.2, 0.25) is 0 Å². The van der Waals surface area contributed by atoms with E-state index in [2.05, 4.69) is 46.9 Å². The van der Waals surface area contributed by atoms with Gasteiger partial charge in [0.15, 0.2) is 0 Å². The molecule has 2 nitrogen and oxygen atoms in total. The van der Waals surface area contributed by atoms with E-state index in [1.165, 1.54) is 5.56 Å². The second-order valence-corrected chi connectivity index (χ2v) is 3.59. The largest absolute Gasteiger partial charge is 0.324 e. The molecule has 3 heteroatoms. The van der Waals surface area contributed by atoms with Crippen LogP contribution >= 0.6 is 8.51 Å². The van der Waals surface area contributed by atoms with Crippen LogP contribution in [0.4, 0.5) is 0 Å². The van der Waals surface area contributed by atoms with Crippen molar-refractivity contribution < 1.29 is 0 Å². The van der Waals surface area contributed by atoms with Crippen LogP contribution in [-0.4, -0.2) is 9.49 Å². The summed E-state index contributed by atoms with van der Waals surface area (Å²) in [5.41, 5.74) is 2.37. The Morgan fingerprint density at radius 2 is 2.15 bits per heavy atom. The predicted octanol–water partition coefficient (Wildman–Crippen LogP) is 2.94. The van der Waals surface area contributed by atoms with Gasteiger partial charge in [0.1, 0.15) is 14.7 Å². The van der Waals surface area contributed by atoms with Crippen molar-refractivity contribution in [3.8, 4) is 0 Å². The molecule has 0 saturated carbocycles. The molecule has 1 unspecified atom stereocenters. The first kappa shape index (κ1) is 8.46. The normalized spacial score (nSPS) is 13.3. The van der Waals surface area contributed by atoms with Crippen molar-refractivity contribution in [1.29, 1.82) is 0 Å². The molecule has 2 aromatic rings. The summed E-state index contributed by atoms with van der Waals surface area (Å²) < 4.78 is 7.15. The monoisotopic (exact) mass is 189 g/mol. The minimum absolute atomic E-state index is 0.361. The van der Waals surface area contributed by atoms with Crippen molar-refractivity contribution in [3.63, 3.8) is 0 Å². The molecule has 0 aliphatic carbocycles. The van der Waals surface area contributed by atoms with Crippen molar-refractivity contribution in [2.45, 2.75) is 12.8 Å². The van der Waals surface area contributed by atoms with E-state index in [-0.39, 0.29) is 0 Å². The molecule has 65 valence electrons. The maximum absolute atomic E-state index is 3.99. The third kappa shape index (κ3) is 1.78. The first-order valence-corrected chi connectivity index (χ1v) is 5.06. The Labute approximate surface area is 79.3 Å². The second-order valence-electron chi connectivity index (χ2n) is 2.97. The number of aromatic amines is 1. The minimum atomic E-state index is 0.361. The van der Waals surface area contributed by atoms with Crippen LogP contribution in [0, 0.1) is 6.20 Å². The fraction of sp³-hybridized carbons (Fsp3) is 0.200. The fourth-order valence-corrected chi connectivity index (χ4v) is 1.84. The number of benzene rings is 1. The Morgan fingerprint density at radius 1 is 1.38 bits per heavy atom. The molecule has 0 aliphatic rings. The van der Waals surface area contributed by atoms with Gasteiger partial charge >= 0.3 is 0 Å². The number of aromatic nitrogens is 2. The van der Waals surface area contributed by atoms with E-state index < -0.39 is 0 Å². The Morgan fingerprint density at radius 3 is 2.77 bits per heavy atom. The Kier molecular flexibility index (Phi) is 2.42. The fourth-order valence-electron chi connectivity index (χ4n) is 1.28. The molecule has 1 aromatic heterocycles. The lowest BCUT2D eigenvalue weighted by molar-refractivity contribution is 0.888. The number of hydrogen-bond donors (Lipinski definition) is 1.